The van der Waals surface area contributed by atoms with E-state index in [-0.39, 0.29) is 5.56 Å². The number of para-hydroxylation sites is 1. The maximum atomic E-state index is 12.3. The highest BCUT2D eigenvalue weighted by Crippen LogP contribution is 2.18. The molecule has 1 aromatic heterocycles. The molecule has 1 atom stereocenters. The van der Waals surface area contributed by atoms with E-state index in [4.69, 9.17) is 4.74 Å². The first-order valence-corrected chi connectivity index (χ1v) is 7.73. The summed E-state index contributed by atoms with van der Waals surface area (Å²) in [5.41, 5.74) is 2.94. The van der Waals surface area contributed by atoms with Crippen LogP contribution >= 0.6 is 0 Å². The van der Waals surface area contributed by atoms with Crippen molar-refractivity contribution in [2.24, 2.45) is 0 Å². The van der Waals surface area contributed by atoms with E-state index in [1.54, 1.807) is 37.3 Å². The van der Waals surface area contributed by atoms with Crippen molar-refractivity contribution in [2.45, 2.75) is 26.9 Å². The van der Waals surface area contributed by atoms with E-state index in [1.807, 2.05) is 26.0 Å². The number of aryl methyl sites for hydroxylation is 2. The molecule has 1 heterocycles. The minimum absolute atomic E-state index is 0.246. The van der Waals surface area contributed by atoms with Gasteiger partial charge >= 0.3 is 5.97 Å². The molecule has 0 saturated heterocycles. The van der Waals surface area contributed by atoms with Gasteiger partial charge < -0.3 is 9.72 Å². The highest BCUT2D eigenvalue weighted by Gasteiger charge is 2.17. The Hall–Kier alpha value is -2.95. The molecular formula is C19H18N2O3. The van der Waals surface area contributed by atoms with E-state index in [0.29, 0.717) is 22.3 Å². The number of carbonyl (C=O) groups excluding carboxylic acids is 1. The summed E-state index contributed by atoms with van der Waals surface area (Å²) >= 11 is 0. The van der Waals surface area contributed by atoms with Gasteiger partial charge in [0.25, 0.3) is 5.56 Å². The first-order chi connectivity index (χ1) is 11.5. The van der Waals surface area contributed by atoms with Crippen LogP contribution in [-0.2, 0) is 4.74 Å². The molecule has 0 saturated carbocycles. The second kappa shape index (κ2) is 6.28. The monoisotopic (exact) mass is 322 g/mol. The molecule has 0 bridgehead atoms. The predicted octanol–water partition coefficient (Wildman–Crippen LogP) is 3.46. The van der Waals surface area contributed by atoms with E-state index >= 15 is 0 Å². The van der Waals surface area contributed by atoms with Crippen molar-refractivity contribution in [3.8, 4) is 0 Å². The van der Waals surface area contributed by atoms with E-state index in [2.05, 4.69) is 9.97 Å². The Morgan fingerprint density at radius 3 is 2.62 bits per heavy atom. The van der Waals surface area contributed by atoms with Crippen LogP contribution in [0.25, 0.3) is 10.9 Å². The van der Waals surface area contributed by atoms with Crippen LogP contribution < -0.4 is 5.56 Å². The fraction of sp³-hybridized carbons (Fsp3) is 0.211. The topological polar surface area (TPSA) is 72.0 Å². The van der Waals surface area contributed by atoms with Gasteiger partial charge in [-0.3, -0.25) is 4.79 Å². The van der Waals surface area contributed by atoms with Gasteiger partial charge in [-0.1, -0.05) is 18.2 Å². The molecule has 2 aromatic carbocycles. The average molecular weight is 322 g/mol. The summed E-state index contributed by atoms with van der Waals surface area (Å²) < 4.78 is 5.45. The zero-order valence-electron chi connectivity index (χ0n) is 13.8. The molecule has 3 aromatic rings. The van der Waals surface area contributed by atoms with Crippen LogP contribution in [0, 0.1) is 13.8 Å². The van der Waals surface area contributed by atoms with Crippen LogP contribution in [0.15, 0.2) is 47.3 Å². The number of aromatic nitrogens is 2. The molecule has 0 aliphatic heterocycles. The number of carbonyl (C=O) groups is 1. The van der Waals surface area contributed by atoms with Crippen LogP contribution in [-0.4, -0.2) is 15.9 Å². The molecule has 0 spiro atoms. The van der Waals surface area contributed by atoms with E-state index in [9.17, 15) is 9.59 Å². The second-order valence-electron chi connectivity index (χ2n) is 5.81. The SMILES string of the molecule is Cc1ccc(C(=O)O[C@@H](C)c2nc3ccccc3c(=O)[nH]2)cc1C. The maximum Gasteiger partial charge on any atom is 0.338 e. The molecule has 122 valence electrons. The molecule has 24 heavy (non-hydrogen) atoms. The lowest BCUT2D eigenvalue weighted by atomic mass is 10.1. The third-order valence-corrected chi connectivity index (χ3v) is 4.04. The molecule has 0 aliphatic rings. The summed E-state index contributed by atoms with van der Waals surface area (Å²) in [6, 6.07) is 12.5. The van der Waals surface area contributed by atoms with Gasteiger partial charge in [0, 0.05) is 0 Å². The highest BCUT2D eigenvalue weighted by atomic mass is 16.5. The maximum absolute atomic E-state index is 12.3. The predicted molar refractivity (Wildman–Crippen MR) is 92.1 cm³/mol. The van der Waals surface area contributed by atoms with E-state index in [0.717, 1.165) is 11.1 Å². The molecular weight excluding hydrogens is 304 g/mol. The molecule has 5 nitrogen and oxygen atoms in total. The standard InChI is InChI=1S/C19H18N2O3/c1-11-8-9-14(10-12(11)2)19(23)24-13(3)17-20-16-7-5-4-6-15(16)18(22)21-17/h4-10,13H,1-3H3,(H,20,21,22)/t13-/m0/s1. The van der Waals surface area contributed by atoms with Crippen molar-refractivity contribution in [1.82, 2.24) is 9.97 Å². The number of ether oxygens (including phenoxy) is 1. The first kappa shape index (κ1) is 15.9. The number of nitrogens with zero attached hydrogens (tertiary/aromatic N) is 1. The Labute approximate surface area is 139 Å². The number of hydrogen-bond acceptors (Lipinski definition) is 4. The van der Waals surface area contributed by atoms with Crippen LogP contribution in [0.5, 0.6) is 0 Å². The average Bonchev–Trinajstić information content (AvgIpc) is 2.57. The molecule has 0 unspecified atom stereocenters. The Morgan fingerprint density at radius 1 is 1.12 bits per heavy atom. The van der Waals surface area contributed by atoms with Crippen LogP contribution in [0.4, 0.5) is 0 Å². The van der Waals surface area contributed by atoms with Crippen molar-refractivity contribution in [3.05, 3.63) is 75.3 Å². The number of nitrogens with one attached hydrogen (secondary N) is 1. The lowest BCUT2D eigenvalue weighted by molar-refractivity contribution is 0.0320. The Morgan fingerprint density at radius 2 is 1.88 bits per heavy atom. The number of hydrogen-bond donors (Lipinski definition) is 1. The van der Waals surface area contributed by atoms with Gasteiger partial charge in [0.2, 0.25) is 0 Å². The van der Waals surface area contributed by atoms with E-state index in [1.165, 1.54) is 0 Å². The smallest absolute Gasteiger partial charge is 0.338 e. The summed E-state index contributed by atoms with van der Waals surface area (Å²) in [5, 5.41) is 0.508. The molecule has 0 amide bonds. The summed E-state index contributed by atoms with van der Waals surface area (Å²) in [7, 11) is 0. The van der Waals surface area contributed by atoms with Gasteiger partial charge in [-0.05, 0) is 56.2 Å². The molecule has 0 fully saturated rings. The van der Waals surface area contributed by atoms with Crippen LogP contribution in [0.3, 0.4) is 0 Å². The van der Waals surface area contributed by atoms with Crippen molar-refractivity contribution in [2.75, 3.05) is 0 Å². The van der Waals surface area contributed by atoms with Gasteiger partial charge in [-0.2, -0.15) is 0 Å². The van der Waals surface area contributed by atoms with Gasteiger partial charge in [0.05, 0.1) is 16.5 Å². The second-order valence-corrected chi connectivity index (χ2v) is 5.81. The van der Waals surface area contributed by atoms with Gasteiger partial charge in [0.1, 0.15) is 0 Å². The Bertz CT molecular complexity index is 976. The number of aromatic amines is 1. The minimum atomic E-state index is -0.656. The Balaban J connectivity index is 1.86. The van der Waals surface area contributed by atoms with Gasteiger partial charge in [-0.15, -0.1) is 0 Å². The summed E-state index contributed by atoms with van der Waals surface area (Å²) in [5.74, 6) is -0.114. The normalized spacial score (nSPS) is 12.1. The number of fused-ring (bicyclic) bond motifs is 1. The highest BCUT2D eigenvalue weighted by molar-refractivity contribution is 5.89. The Kier molecular flexibility index (Phi) is 4.16. The summed E-state index contributed by atoms with van der Waals surface area (Å²) in [6.45, 7) is 5.61. The summed E-state index contributed by atoms with van der Waals surface area (Å²) in [6.07, 6.45) is -0.656. The number of benzene rings is 2. The zero-order chi connectivity index (χ0) is 17.3. The number of H-pyrrole nitrogens is 1. The van der Waals surface area contributed by atoms with Crippen LogP contribution in [0.1, 0.15) is 40.3 Å². The fourth-order valence-corrected chi connectivity index (χ4v) is 2.45. The number of esters is 1. The third kappa shape index (κ3) is 3.06. The lowest BCUT2D eigenvalue weighted by Crippen LogP contribution is -2.17. The minimum Gasteiger partial charge on any atom is -0.451 e. The summed E-state index contributed by atoms with van der Waals surface area (Å²) in [4.78, 5) is 31.5. The molecule has 1 N–H and O–H groups in total. The first-order valence-electron chi connectivity index (χ1n) is 7.73. The molecule has 0 aliphatic carbocycles. The lowest BCUT2D eigenvalue weighted by Gasteiger charge is -2.13. The molecule has 5 heteroatoms. The van der Waals surface area contributed by atoms with Crippen LogP contribution in [0.2, 0.25) is 0 Å². The molecule has 0 radical (unpaired) electrons. The van der Waals surface area contributed by atoms with E-state index < -0.39 is 12.1 Å². The van der Waals surface area contributed by atoms with Gasteiger partial charge in [-0.25, -0.2) is 9.78 Å². The molecule has 3 rings (SSSR count). The zero-order valence-corrected chi connectivity index (χ0v) is 13.8. The third-order valence-electron chi connectivity index (χ3n) is 4.04. The van der Waals surface area contributed by atoms with Crippen molar-refractivity contribution in [3.63, 3.8) is 0 Å². The number of rotatable bonds is 3. The van der Waals surface area contributed by atoms with Crippen molar-refractivity contribution >= 4 is 16.9 Å². The largest absolute Gasteiger partial charge is 0.451 e. The van der Waals surface area contributed by atoms with Gasteiger partial charge in [0.15, 0.2) is 11.9 Å². The fourth-order valence-electron chi connectivity index (χ4n) is 2.45. The van der Waals surface area contributed by atoms with Crippen molar-refractivity contribution < 1.29 is 9.53 Å². The van der Waals surface area contributed by atoms with Crippen molar-refractivity contribution in [1.29, 1.82) is 0 Å². The quantitative estimate of drug-likeness (QED) is 0.750.